The fourth-order valence-electron chi connectivity index (χ4n) is 1.86. The highest BCUT2D eigenvalue weighted by Gasteiger charge is 2.22. The van der Waals surface area contributed by atoms with Gasteiger partial charge in [0.05, 0.1) is 12.7 Å². The zero-order valence-corrected chi connectivity index (χ0v) is 11.0. The van der Waals surface area contributed by atoms with Crippen molar-refractivity contribution in [2.24, 2.45) is 0 Å². The van der Waals surface area contributed by atoms with Crippen LogP contribution in [0.3, 0.4) is 0 Å². The SMILES string of the molecule is C[C@H]1CN(C(=O)c2cc(F)cc(Br)c2)CCO1. The lowest BCUT2D eigenvalue weighted by atomic mass is 10.1. The van der Waals surface area contributed by atoms with E-state index < -0.39 is 5.82 Å². The van der Waals surface area contributed by atoms with E-state index in [0.717, 1.165) is 0 Å². The second-order valence-corrected chi connectivity index (χ2v) is 5.01. The molecule has 17 heavy (non-hydrogen) atoms. The van der Waals surface area contributed by atoms with Crippen molar-refractivity contribution in [1.82, 2.24) is 4.90 Å². The maximum atomic E-state index is 13.2. The summed E-state index contributed by atoms with van der Waals surface area (Å²) in [7, 11) is 0. The van der Waals surface area contributed by atoms with E-state index in [1.165, 1.54) is 12.1 Å². The van der Waals surface area contributed by atoms with Gasteiger partial charge in [-0.15, -0.1) is 0 Å². The molecule has 0 radical (unpaired) electrons. The van der Waals surface area contributed by atoms with Gasteiger partial charge in [-0.1, -0.05) is 15.9 Å². The number of carbonyl (C=O) groups excluding carboxylic acids is 1. The molecule has 1 aliphatic rings. The van der Waals surface area contributed by atoms with Gasteiger partial charge >= 0.3 is 0 Å². The zero-order chi connectivity index (χ0) is 12.4. The summed E-state index contributed by atoms with van der Waals surface area (Å²) in [6.45, 7) is 3.55. The van der Waals surface area contributed by atoms with Crippen LogP contribution in [0.2, 0.25) is 0 Å². The van der Waals surface area contributed by atoms with Crippen LogP contribution in [0.15, 0.2) is 22.7 Å². The van der Waals surface area contributed by atoms with Gasteiger partial charge in [0.25, 0.3) is 5.91 Å². The van der Waals surface area contributed by atoms with E-state index in [1.54, 1.807) is 11.0 Å². The number of morpholine rings is 1. The molecule has 1 saturated heterocycles. The predicted octanol–water partition coefficient (Wildman–Crippen LogP) is 2.45. The molecule has 3 nitrogen and oxygen atoms in total. The Hall–Kier alpha value is -0.940. The molecule has 1 aromatic rings. The van der Waals surface area contributed by atoms with Gasteiger partial charge < -0.3 is 9.64 Å². The predicted molar refractivity (Wildman–Crippen MR) is 65.4 cm³/mol. The fraction of sp³-hybridized carbons (Fsp3) is 0.417. The van der Waals surface area contributed by atoms with Crippen LogP contribution in [0.4, 0.5) is 4.39 Å². The first-order valence-corrected chi connectivity index (χ1v) is 6.22. The van der Waals surface area contributed by atoms with E-state index in [9.17, 15) is 9.18 Å². The van der Waals surface area contributed by atoms with Crippen LogP contribution >= 0.6 is 15.9 Å². The maximum Gasteiger partial charge on any atom is 0.254 e. The molecule has 1 aliphatic heterocycles. The largest absolute Gasteiger partial charge is 0.375 e. The Balaban J connectivity index is 2.18. The van der Waals surface area contributed by atoms with Crippen molar-refractivity contribution in [3.05, 3.63) is 34.1 Å². The third kappa shape index (κ3) is 3.04. The average molecular weight is 302 g/mol. The first kappa shape index (κ1) is 12.5. The molecule has 0 aromatic heterocycles. The van der Waals surface area contributed by atoms with E-state index in [1.807, 2.05) is 6.92 Å². The number of ether oxygens (including phenoxy) is 1. The molecular weight excluding hydrogens is 289 g/mol. The van der Waals surface area contributed by atoms with Gasteiger partial charge in [0.1, 0.15) is 5.82 Å². The van der Waals surface area contributed by atoms with E-state index in [-0.39, 0.29) is 12.0 Å². The quantitative estimate of drug-likeness (QED) is 0.797. The Morgan fingerprint density at radius 1 is 1.53 bits per heavy atom. The van der Waals surface area contributed by atoms with Crippen LogP contribution in [0, 0.1) is 5.82 Å². The standard InChI is InChI=1S/C12H13BrFNO2/c1-8-7-15(2-3-17-8)12(16)9-4-10(13)6-11(14)5-9/h4-6,8H,2-3,7H2,1H3/t8-/m0/s1. The van der Waals surface area contributed by atoms with Crippen molar-refractivity contribution < 1.29 is 13.9 Å². The minimum Gasteiger partial charge on any atom is -0.375 e. The Kier molecular flexibility index (Phi) is 3.79. The molecule has 5 heteroatoms. The number of rotatable bonds is 1. The second kappa shape index (κ2) is 5.14. The molecule has 0 bridgehead atoms. The third-order valence-electron chi connectivity index (χ3n) is 2.64. The van der Waals surface area contributed by atoms with Crippen LogP contribution < -0.4 is 0 Å². The molecule has 0 aliphatic carbocycles. The van der Waals surface area contributed by atoms with Crippen LogP contribution in [0.1, 0.15) is 17.3 Å². The number of nitrogens with zero attached hydrogens (tertiary/aromatic N) is 1. The highest BCUT2D eigenvalue weighted by atomic mass is 79.9. The summed E-state index contributed by atoms with van der Waals surface area (Å²) in [6.07, 6.45) is 0.0321. The first-order valence-electron chi connectivity index (χ1n) is 5.43. The van der Waals surface area contributed by atoms with Crippen LogP contribution in [-0.2, 0) is 4.74 Å². The summed E-state index contributed by atoms with van der Waals surface area (Å²) in [4.78, 5) is 13.8. The lowest BCUT2D eigenvalue weighted by Gasteiger charge is -2.31. The molecule has 0 unspecified atom stereocenters. The minimum atomic E-state index is -0.413. The van der Waals surface area contributed by atoms with Crippen molar-refractivity contribution in [1.29, 1.82) is 0 Å². The molecule has 0 N–H and O–H groups in total. The lowest BCUT2D eigenvalue weighted by Crippen LogP contribution is -2.44. The van der Waals surface area contributed by atoms with Gasteiger partial charge in [-0.05, 0) is 25.1 Å². The summed E-state index contributed by atoms with van der Waals surface area (Å²) in [5, 5.41) is 0. The normalized spacial score (nSPS) is 20.4. The molecule has 2 rings (SSSR count). The Bertz CT molecular complexity index is 418. The van der Waals surface area contributed by atoms with Crippen molar-refractivity contribution in [2.45, 2.75) is 13.0 Å². The number of halogens is 2. The van der Waals surface area contributed by atoms with Crippen molar-refractivity contribution in [3.63, 3.8) is 0 Å². The Morgan fingerprint density at radius 3 is 2.94 bits per heavy atom. The van der Waals surface area contributed by atoms with Gasteiger partial charge in [-0.25, -0.2) is 4.39 Å². The molecule has 1 fully saturated rings. The highest BCUT2D eigenvalue weighted by molar-refractivity contribution is 9.10. The molecule has 92 valence electrons. The van der Waals surface area contributed by atoms with Gasteiger partial charge in [0, 0.05) is 23.1 Å². The highest BCUT2D eigenvalue weighted by Crippen LogP contribution is 2.17. The monoisotopic (exact) mass is 301 g/mol. The molecule has 1 aromatic carbocycles. The third-order valence-corrected chi connectivity index (χ3v) is 3.10. The molecular formula is C12H13BrFNO2. The lowest BCUT2D eigenvalue weighted by molar-refractivity contribution is -0.0124. The zero-order valence-electron chi connectivity index (χ0n) is 9.45. The Morgan fingerprint density at radius 2 is 2.29 bits per heavy atom. The molecule has 1 atom stereocenters. The molecule has 1 amide bonds. The van der Waals surface area contributed by atoms with E-state index >= 15 is 0 Å². The fourth-order valence-corrected chi connectivity index (χ4v) is 2.33. The van der Waals surface area contributed by atoms with Gasteiger partial charge in [0.2, 0.25) is 0 Å². The topological polar surface area (TPSA) is 29.5 Å². The van der Waals surface area contributed by atoms with E-state index in [0.29, 0.717) is 29.7 Å². The number of carbonyl (C=O) groups is 1. The maximum absolute atomic E-state index is 13.2. The summed E-state index contributed by atoms with van der Waals surface area (Å²) < 4.78 is 19.1. The van der Waals surface area contributed by atoms with Crippen LogP contribution in [0.5, 0.6) is 0 Å². The summed E-state index contributed by atoms with van der Waals surface area (Å²) in [5.74, 6) is -0.565. The van der Waals surface area contributed by atoms with Gasteiger partial charge in [-0.3, -0.25) is 4.79 Å². The van der Waals surface area contributed by atoms with E-state index in [2.05, 4.69) is 15.9 Å². The van der Waals surface area contributed by atoms with Crippen LogP contribution in [-0.4, -0.2) is 36.6 Å². The summed E-state index contributed by atoms with van der Waals surface area (Å²) >= 11 is 3.18. The smallest absolute Gasteiger partial charge is 0.254 e. The van der Waals surface area contributed by atoms with Crippen LogP contribution in [0.25, 0.3) is 0 Å². The summed E-state index contributed by atoms with van der Waals surface area (Å²) in [5.41, 5.74) is 0.367. The van der Waals surface area contributed by atoms with Crippen molar-refractivity contribution in [2.75, 3.05) is 19.7 Å². The second-order valence-electron chi connectivity index (χ2n) is 4.09. The van der Waals surface area contributed by atoms with E-state index in [4.69, 9.17) is 4.74 Å². The number of hydrogen-bond donors (Lipinski definition) is 0. The van der Waals surface area contributed by atoms with Gasteiger partial charge in [0.15, 0.2) is 0 Å². The molecule has 1 heterocycles. The minimum absolute atomic E-state index is 0.0321. The number of hydrogen-bond acceptors (Lipinski definition) is 2. The van der Waals surface area contributed by atoms with Crippen molar-refractivity contribution in [3.8, 4) is 0 Å². The average Bonchev–Trinajstić information content (AvgIpc) is 2.26. The van der Waals surface area contributed by atoms with Gasteiger partial charge in [-0.2, -0.15) is 0 Å². The van der Waals surface area contributed by atoms with Crippen molar-refractivity contribution >= 4 is 21.8 Å². The number of amides is 1. The molecule has 0 saturated carbocycles. The summed E-state index contributed by atoms with van der Waals surface area (Å²) in [6, 6.07) is 4.22. The number of benzene rings is 1. The Labute approximate surface area is 108 Å². The first-order chi connectivity index (χ1) is 8.06. The molecule has 0 spiro atoms.